The van der Waals surface area contributed by atoms with Gasteiger partial charge < -0.3 is 20.1 Å². The number of rotatable bonds is 8. The number of amides is 2. The largest absolute Gasteiger partial charge is 0.497 e. The molecule has 9 nitrogen and oxygen atoms in total. The summed E-state index contributed by atoms with van der Waals surface area (Å²) >= 11 is 0. The third kappa shape index (κ3) is 4.55. The third-order valence-corrected chi connectivity index (χ3v) is 5.10. The van der Waals surface area contributed by atoms with Crippen molar-refractivity contribution in [3.05, 3.63) is 59.0 Å². The van der Waals surface area contributed by atoms with Gasteiger partial charge in [0.2, 0.25) is 0 Å². The Morgan fingerprint density at radius 3 is 2.52 bits per heavy atom. The summed E-state index contributed by atoms with van der Waals surface area (Å²) in [7, 11) is 3.16. The molecule has 1 aliphatic rings. The lowest BCUT2D eigenvalue weighted by Crippen LogP contribution is -2.34. The Morgan fingerprint density at radius 1 is 1.10 bits per heavy atom. The number of nitrogens with zero attached hydrogens (tertiary/aromatic N) is 3. The molecule has 1 aliphatic carbocycles. The maximum absolute atomic E-state index is 12.9. The van der Waals surface area contributed by atoms with Crippen molar-refractivity contribution in [3.63, 3.8) is 0 Å². The average molecular weight is 423 g/mol. The Kier molecular flexibility index (Phi) is 5.92. The molecule has 2 aromatic carbocycles. The van der Waals surface area contributed by atoms with Crippen LogP contribution in [-0.4, -0.2) is 41.1 Å². The topological polar surface area (TPSA) is 99.4 Å². The number of anilines is 1. The molecule has 3 aromatic rings. The van der Waals surface area contributed by atoms with Crippen molar-refractivity contribution >= 4 is 11.7 Å². The number of methoxy groups -OCH3 is 2. The van der Waals surface area contributed by atoms with E-state index in [9.17, 15) is 9.59 Å². The molecule has 4 rings (SSSR count). The van der Waals surface area contributed by atoms with E-state index in [0.717, 1.165) is 24.2 Å². The van der Waals surface area contributed by atoms with Crippen LogP contribution in [-0.2, 0) is 6.54 Å². The van der Waals surface area contributed by atoms with Gasteiger partial charge >= 0.3 is 11.7 Å². The summed E-state index contributed by atoms with van der Waals surface area (Å²) in [6, 6.07) is 14.4. The van der Waals surface area contributed by atoms with Gasteiger partial charge in [-0.25, -0.2) is 14.3 Å². The Balaban J connectivity index is 1.44. The molecule has 0 spiro atoms. The first-order chi connectivity index (χ1) is 15.1. The van der Waals surface area contributed by atoms with Gasteiger partial charge in [0, 0.05) is 18.2 Å². The summed E-state index contributed by atoms with van der Waals surface area (Å²) in [5.41, 5.74) is 1.25. The van der Waals surface area contributed by atoms with Gasteiger partial charge in [-0.15, -0.1) is 5.10 Å². The van der Waals surface area contributed by atoms with E-state index in [2.05, 4.69) is 15.7 Å². The van der Waals surface area contributed by atoms with Crippen LogP contribution in [0.2, 0.25) is 0 Å². The summed E-state index contributed by atoms with van der Waals surface area (Å²) < 4.78 is 13.6. The molecule has 0 unspecified atom stereocenters. The molecule has 0 saturated heterocycles. The summed E-state index contributed by atoms with van der Waals surface area (Å²) in [6.45, 7) is 0.520. The van der Waals surface area contributed by atoms with E-state index in [1.807, 2.05) is 36.4 Å². The van der Waals surface area contributed by atoms with Crippen molar-refractivity contribution in [2.24, 2.45) is 0 Å². The quantitative estimate of drug-likeness (QED) is 0.580. The van der Waals surface area contributed by atoms with Gasteiger partial charge in [-0.2, -0.15) is 0 Å². The fraction of sp³-hybridized carbons (Fsp3) is 0.318. The van der Waals surface area contributed by atoms with Crippen LogP contribution in [0.25, 0.3) is 11.4 Å². The fourth-order valence-electron chi connectivity index (χ4n) is 3.35. The Morgan fingerprint density at radius 2 is 1.84 bits per heavy atom. The maximum atomic E-state index is 12.9. The number of hydrogen-bond donors (Lipinski definition) is 2. The van der Waals surface area contributed by atoms with Crippen LogP contribution in [0.15, 0.2) is 53.3 Å². The molecule has 2 amide bonds. The normalized spacial score (nSPS) is 13.0. The zero-order chi connectivity index (χ0) is 21.8. The Bertz CT molecular complexity index is 1120. The summed E-state index contributed by atoms with van der Waals surface area (Å²) in [6.07, 6.45) is 1.93. The number of para-hydroxylation sites is 2. The number of aromatic nitrogens is 3. The minimum Gasteiger partial charge on any atom is -0.497 e. The van der Waals surface area contributed by atoms with E-state index >= 15 is 0 Å². The smallest absolute Gasteiger partial charge is 0.346 e. The van der Waals surface area contributed by atoms with Crippen LogP contribution >= 0.6 is 0 Å². The molecule has 1 heterocycles. The molecular formula is C22H25N5O4. The third-order valence-electron chi connectivity index (χ3n) is 5.10. The van der Waals surface area contributed by atoms with Gasteiger partial charge in [0.1, 0.15) is 11.5 Å². The minimum absolute atomic E-state index is 0.166. The van der Waals surface area contributed by atoms with Crippen LogP contribution in [0.3, 0.4) is 0 Å². The molecule has 0 bridgehead atoms. The summed E-state index contributed by atoms with van der Waals surface area (Å²) in [4.78, 5) is 25.1. The van der Waals surface area contributed by atoms with Gasteiger partial charge in [0.05, 0.1) is 26.5 Å². The second-order valence-corrected chi connectivity index (χ2v) is 7.24. The second-order valence-electron chi connectivity index (χ2n) is 7.24. The number of carbonyl (C=O) groups is 1. The number of benzene rings is 2. The van der Waals surface area contributed by atoms with Gasteiger partial charge in [-0.1, -0.05) is 12.1 Å². The van der Waals surface area contributed by atoms with Crippen molar-refractivity contribution in [1.29, 1.82) is 0 Å². The average Bonchev–Trinajstić information content (AvgIpc) is 3.58. The number of ether oxygens (including phenoxy) is 2. The number of urea groups is 1. The molecule has 0 atom stereocenters. The lowest BCUT2D eigenvalue weighted by molar-refractivity contribution is 0.251. The molecule has 1 saturated carbocycles. The van der Waals surface area contributed by atoms with E-state index in [1.54, 1.807) is 30.9 Å². The zero-order valence-corrected chi connectivity index (χ0v) is 17.5. The van der Waals surface area contributed by atoms with Crippen molar-refractivity contribution in [2.45, 2.75) is 25.4 Å². The van der Waals surface area contributed by atoms with Crippen LogP contribution in [0.4, 0.5) is 10.5 Å². The number of hydrogen-bond acceptors (Lipinski definition) is 5. The molecule has 31 heavy (non-hydrogen) atoms. The van der Waals surface area contributed by atoms with Gasteiger partial charge in [0.15, 0.2) is 5.82 Å². The van der Waals surface area contributed by atoms with Gasteiger partial charge in [-0.3, -0.25) is 4.57 Å². The molecule has 9 heteroatoms. The highest BCUT2D eigenvalue weighted by atomic mass is 16.5. The number of nitrogens with one attached hydrogen (secondary N) is 2. The van der Waals surface area contributed by atoms with Gasteiger partial charge in [-0.05, 0) is 49.2 Å². The standard InChI is InChI=1S/C22H25N5O4/c1-30-17-11-7-15(8-12-17)20-25-26(22(29)27(20)16-9-10-16)14-13-23-21(28)24-18-5-3-4-6-19(18)31-2/h3-8,11-12,16H,9-10,13-14H2,1-2H3,(H2,23,24,28). The van der Waals surface area contributed by atoms with Crippen LogP contribution in [0.5, 0.6) is 11.5 Å². The molecule has 0 aliphatic heterocycles. The van der Waals surface area contributed by atoms with Crippen LogP contribution in [0, 0.1) is 0 Å². The van der Waals surface area contributed by atoms with E-state index < -0.39 is 0 Å². The lowest BCUT2D eigenvalue weighted by Gasteiger charge is -2.10. The fourth-order valence-corrected chi connectivity index (χ4v) is 3.35. The summed E-state index contributed by atoms with van der Waals surface area (Å²) in [5, 5.41) is 10.0. The Hall–Kier alpha value is -3.75. The maximum Gasteiger partial charge on any atom is 0.346 e. The second kappa shape index (κ2) is 8.95. The first kappa shape index (κ1) is 20.5. The molecule has 1 fully saturated rings. The van der Waals surface area contributed by atoms with Crippen molar-refractivity contribution in [1.82, 2.24) is 19.7 Å². The first-order valence-corrected chi connectivity index (χ1v) is 10.1. The highest BCUT2D eigenvalue weighted by molar-refractivity contribution is 5.90. The van der Waals surface area contributed by atoms with Crippen LogP contribution < -0.4 is 25.8 Å². The molecule has 0 radical (unpaired) electrons. The predicted molar refractivity (Wildman–Crippen MR) is 117 cm³/mol. The summed E-state index contributed by atoms with van der Waals surface area (Å²) in [5.74, 6) is 1.95. The van der Waals surface area contributed by atoms with Gasteiger partial charge in [0.25, 0.3) is 0 Å². The monoisotopic (exact) mass is 423 g/mol. The van der Waals surface area contributed by atoms with Crippen molar-refractivity contribution in [3.8, 4) is 22.9 Å². The molecule has 1 aromatic heterocycles. The lowest BCUT2D eigenvalue weighted by atomic mass is 10.2. The first-order valence-electron chi connectivity index (χ1n) is 10.1. The molecule has 162 valence electrons. The predicted octanol–water partition coefficient (Wildman–Crippen LogP) is 2.89. The number of carbonyl (C=O) groups excluding carboxylic acids is 1. The zero-order valence-electron chi connectivity index (χ0n) is 17.5. The minimum atomic E-state index is -0.380. The SMILES string of the molecule is COc1ccc(-c2nn(CCNC(=O)Nc3ccccc3OC)c(=O)n2C2CC2)cc1. The van der Waals surface area contributed by atoms with E-state index in [1.165, 1.54) is 4.68 Å². The van der Waals surface area contributed by atoms with E-state index in [0.29, 0.717) is 17.3 Å². The Labute approximate surface area is 179 Å². The highest BCUT2D eigenvalue weighted by Crippen LogP contribution is 2.36. The van der Waals surface area contributed by atoms with Crippen molar-refractivity contribution in [2.75, 3.05) is 26.1 Å². The molecular weight excluding hydrogens is 398 g/mol. The molecule has 2 N–H and O–H groups in total. The van der Waals surface area contributed by atoms with E-state index in [4.69, 9.17) is 9.47 Å². The van der Waals surface area contributed by atoms with Crippen molar-refractivity contribution < 1.29 is 14.3 Å². The van der Waals surface area contributed by atoms with Crippen LogP contribution in [0.1, 0.15) is 18.9 Å². The van der Waals surface area contributed by atoms with E-state index in [-0.39, 0.29) is 30.9 Å². The highest BCUT2D eigenvalue weighted by Gasteiger charge is 2.30.